The fraction of sp³-hybridized carbons (Fsp3) is 0.222. The van der Waals surface area contributed by atoms with Gasteiger partial charge in [-0.2, -0.15) is 0 Å². The zero-order chi connectivity index (χ0) is 9.84. The normalized spacial score (nSPS) is 9.62. The highest BCUT2D eigenvalue weighted by Gasteiger charge is 2.03. The van der Waals surface area contributed by atoms with Gasteiger partial charge in [-0.25, -0.2) is 4.79 Å². The molecular weight excluding hydrogens is 172 g/mol. The average Bonchev–Trinajstić information content (AvgIpc) is 2.06. The summed E-state index contributed by atoms with van der Waals surface area (Å²) >= 11 is 0. The highest BCUT2D eigenvalue weighted by Crippen LogP contribution is 2.22. The van der Waals surface area contributed by atoms with Gasteiger partial charge in [0.1, 0.15) is 11.5 Å². The van der Waals surface area contributed by atoms with E-state index < -0.39 is 12.6 Å². The molecule has 0 aromatic heterocycles. The summed E-state index contributed by atoms with van der Waals surface area (Å²) < 4.78 is 4.92. The molecule has 0 bridgehead atoms. The molecule has 13 heavy (non-hydrogen) atoms. The van der Waals surface area contributed by atoms with Gasteiger partial charge in [0.15, 0.2) is 6.61 Å². The maximum Gasteiger partial charge on any atom is 0.341 e. The number of carbonyl (C=O) groups is 1. The second-order valence-electron chi connectivity index (χ2n) is 2.63. The molecule has 2 N–H and O–H groups in total. The van der Waals surface area contributed by atoms with Crippen LogP contribution in [-0.4, -0.2) is 22.8 Å². The minimum atomic E-state index is -1.04. The number of carboxylic acids is 1. The molecule has 4 heteroatoms. The van der Waals surface area contributed by atoms with Gasteiger partial charge >= 0.3 is 5.97 Å². The summed E-state index contributed by atoms with van der Waals surface area (Å²) in [5.41, 5.74) is 0.791. The highest BCUT2D eigenvalue weighted by molar-refractivity contribution is 5.68. The number of aryl methyl sites for hydroxylation is 1. The van der Waals surface area contributed by atoms with Crippen molar-refractivity contribution in [3.8, 4) is 11.5 Å². The van der Waals surface area contributed by atoms with E-state index in [1.165, 1.54) is 12.1 Å². The Bertz CT molecular complexity index is 319. The standard InChI is InChI=1S/C9H10O4/c1-6-2-3-7(10)4-8(6)13-5-9(11)12/h2-4,10H,5H2,1H3,(H,11,12). The SMILES string of the molecule is Cc1ccc(O)cc1OCC(=O)O. The Kier molecular flexibility index (Phi) is 2.74. The third-order valence-electron chi connectivity index (χ3n) is 1.52. The number of phenols is 1. The summed E-state index contributed by atoms with van der Waals surface area (Å²) in [5, 5.41) is 17.4. The fourth-order valence-corrected chi connectivity index (χ4v) is 0.884. The van der Waals surface area contributed by atoms with Gasteiger partial charge in [0.2, 0.25) is 0 Å². The number of hydrogen-bond donors (Lipinski definition) is 2. The first-order valence-corrected chi connectivity index (χ1v) is 3.74. The van der Waals surface area contributed by atoms with Crippen LogP contribution in [0.25, 0.3) is 0 Å². The zero-order valence-corrected chi connectivity index (χ0v) is 7.15. The number of benzene rings is 1. The van der Waals surface area contributed by atoms with Gasteiger partial charge in [0.25, 0.3) is 0 Å². The number of aromatic hydroxyl groups is 1. The van der Waals surface area contributed by atoms with Crippen LogP contribution in [0.15, 0.2) is 18.2 Å². The van der Waals surface area contributed by atoms with Crippen molar-refractivity contribution in [2.24, 2.45) is 0 Å². The van der Waals surface area contributed by atoms with Crippen LogP contribution < -0.4 is 4.74 Å². The number of rotatable bonds is 3. The number of hydrogen-bond acceptors (Lipinski definition) is 3. The maximum atomic E-state index is 10.2. The fourth-order valence-electron chi connectivity index (χ4n) is 0.884. The number of aliphatic carboxylic acids is 1. The van der Waals surface area contributed by atoms with Crippen LogP contribution in [-0.2, 0) is 4.79 Å². The minimum absolute atomic E-state index is 0.0611. The first-order valence-electron chi connectivity index (χ1n) is 3.74. The van der Waals surface area contributed by atoms with Crippen LogP contribution in [0.2, 0.25) is 0 Å². The lowest BCUT2D eigenvalue weighted by Crippen LogP contribution is -2.09. The summed E-state index contributed by atoms with van der Waals surface area (Å²) in [6.45, 7) is 1.38. The van der Waals surface area contributed by atoms with E-state index in [9.17, 15) is 4.79 Å². The Labute approximate surface area is 75.4 Å². The Morgan fingerprint density at radius 3 is 2.85 bits per heavy atom. The average molecular weight is 182 g/mol. The van der Waals surface area contributed by atoms with Gasteiger partial charge < -0.3 is 14.9 Å². The molecule has 0 saturated heterocycles. The molecule has 0 amide bonds. The third-order valence-corrected chi connectivity index (χ3v) is 1.52. The highest BCUT2D eigenvalue weighted by atomic mass is 16.5. The molecule has 0 atom stereocenters. The Morgan fingerprint density at radius 2 is 2.23 bits per heavy atom. The Hall–Kier alpha value is -1.71. The molecule has 0 aliphatic rings. The van der Waals surface area contributed by atoms with Crippen LogP contribution in [0.1, 0.15) is 5.56 Å². The van der Waals surface area contributed by atoms with Crippen LogP contribution in [0.5, 0.6) is 11.5 Å². The topological polar surface area (TPSA) is 66.8 Å². The van der Waals surface area contributed by atoms with Gasteiger partial charge in [-0.3, -0.25) is 0 Å². The summed E-state index contributed by atoms with van der Waals surface area (Å²) in [6, 6.07) is 4.56. The van der Waals surface area contributed by atoms with Crippen molar-refractivity contribution in [1.29, 1.82) is 0 Å². The van der Waals surface area contributed by atoms with Crippen molar-refractivity contribution in [1.82, 2.24) is 0 Å². The molecule has 0 radical (unpaired) electrons. The number of carboxylic acid groups (broad SMARTS) is 1. The molecule has 0 saturated carbocycles. The molecule has 1 rings (SSSR count). The van der Waals surface area contributed by atoms with Crippen LogP contribution >= 0.6 is 0 Å². The van der Waals surface area contributed by atoms with E-state index >= 15 is 0 Å². The molecule has 0 unspecified atom stereocenters. The van der Waals surface area contributed by atoms with E-state index in [2.05, 4.69) is 0 Å². The third kappa shape index (κ3) is 2.66. The zero-order valence-electron chi connectivity index (χ0n) is 7.15. The lowest BCUT2D eigenvalue weighted by Gasteiger charge is -2.06. The van der Waals surface area contributed by atoms with Crippen molar-refractivity contribution in [2.45, 2.75) is 6.92 Å². The lowest BCUT2D eigenvalue weighted by atomic mass is 10.2. The molecule has 1 aromatic carbocycles. The Morgan fingerprint density at radius 1 is 1.54 bits per heavy atom. The smallest absolute Gasteiger partial charge is 0.341 e. The van der Waals surface area contributed by atoms with Crippen molar-refractivity contribution < 1.29 is 19.7 Å². The molecule has 0 aliphatic carbocycles. The lowest BCUT2D eigenvalue weighted by molar-refractivity contribution is -0.139. The van der Waals surface area contributed by atoms with Gasteiger partial charge in [0, 0.05) is 6.07 Å². The van der Waals surface area contributed by atoms with Crippen molar-refractivity contribution in [2.75, 3.05) is 6.61 Å². The second kappa shape index (κ2) is 3.80. The first-order chi connectivity index (χ1) is 6.09. The number of phenolic OH excluding ortho intramolecular Hbond substituents is 1. The van der Waals surface area contributed by atoms with Gasteiger partial charge in [-0.1, -0.05) is 6.07 Å². The molecule has 0 heterocycles. The monoisotopic (exact) mass is 182 g/mol. The molecule has 0 aliphatic heterocycles. The van der Waals surface area contributed by atoms with Crippen molar-refractivity contribution in [3.05, 3.63) is 23.8 Å². The predicted molar refractivity (Wildman–Crippen MR) is 46.0 cm³/mol. The minimum Gasteiger partial charge on any atom is -0.508 e. The van der Waals surface area contributed by atoms with Crippen molar-refractivity contribution >= 4 is 5.97 Å². The molecular formula is C9H10O4. The van der Waals surface area contributed by atoms with Gasteiger partial charge in [-0.05, 0) is 18.6 Å². The van der Waals surface area contributed by atoms with Gasteiger partial charge in [0.05, 0.1) is 0 Å². The summed E-state index contributed by atoms with van der Waals surface area (Å²) in [7, 11) is 0. The van der Waals surface area contributed by atoms with Crippen LogP contribution in [0, 0.1) is 6.92 Å². The van der Waals surface area contributed by atoms with Gasteiger partial charge in [-0.15, -0.1) is 0 Å². The summed E-state index contributed by atoms with van der Waals surface area (Å²) in [4.78, 5) is 10.2. The van der Waals surface area contributed by atoms with E-state index in [0.717, 1.165) is 5.56 Å². The largest absolute Gasteiger partial charge is 0.508 e. The predicted octanol–water partition coefficient (Wildman–Crippen LogP) is 1.16. The van der Waals surface area contributed by atoms with E-state index in [-0.39, 0.29) is 5.75 Å². The van der Waals surface area contributed by atoms with Crippen LogP contribution in [0.4, 0.5) is 0 Å². The Balaban J connectivity index is 2.75. The first kappa shape index (κ1) is 9.38. The molecule has 1 aromatic rings. The van der Waals surface area contributed by atoms with E-state index in [1.807, 2.05) is 0 Å². The van der Waals surface area contributed by atoms with Crippen LogP contribution in [0.3, 0.4) is 0 Å². The van der Waals surface area contributed by atoms with Crippen molar-refractivity contribution in [3.63, 3.8) is 0 Å². The molecule has 0 fully saturated rings. The van der Waals surface area contributed by atoms with E-state index in [4.69, 9.17) is 14.9 Å². The summed E-state index contributed by atoms with van der Waals surface area (Å²) in [6.07, 6.45) is 0. The van der Waals surface area contributed by atoms with E-state index in [1.54, 1.807) is 13.0 Å². The number of ether oxygens (including phenoxy) is 1. The van der Waals surface area contributed by atoms with E-state index in [0.29, 0.717) is 5.75 Å². The second-order valence-corrected chi connectivity index (χ2v) is 2.63. The maximum absolute atomic E-state index is 10.2. The molecule has 4 nitrogen and oxygen atoms in total. The molecule has 0 spiro atoms. The quantitative estimate of drug-likeness (QED) is 0.736. The summed E-state index contributed by atoms with van der Waals surface area (Å²) in [5.74, 6) is -0.587. The molecule has 70 valence electrons.